The maximum Gasteiger partial charge on any atom is 0.349 e. The van der Waals surface area contributed by atoms with Gasteiger partial charge in [0.1, 0.15) is 0 Å². The number of ether oxygens (including phenoxy) is 2. The number of carboxylic acid groups (broad SMARTS) is 1. The van der Waals surface area contributed by atoms with Gasteiger partial charge < -0.3 is 19.9 Å². The first-order valence-electron chi connectivity index (χ1n) is 10.2. The zero-order chi connectivity index (χ0) is 25.5. The van der Waals surface area contributed by atoms with Gasteiger partial charge in [-0.05, 0) is 67.1 Å². The van der Waals surface area contributed by atoms with Gasteiger partial charge in [-0.1, -0.05) is 41.4 Å². The summed E-state index contributed by atoms with van der Waals surface area (Å²) in [6, 6.07) is 17.7. The van der Waals surface area contributed by atoms with Crippen LogP contribution in [0.15, 0.2) is 72.8 Å². The number of hydrogen-bond acceptors (Lipinski definition) is 6. The van der Waals surface area contributed by atoms with E-state index in [0.29, 0.717) is 21.3 Å². The van der Waals surface area contributed by atoms with Gasteiger partial charge in [0, 0.05) is 15.7 Å². The first-order valence-corrected chi connectivity index (χ1v) is 10.9. The number of hydrogen-bond donors (Lipinski definition) is 2. The predicted molar refractivity (Wildman–Crippen MR) is 129 cm³/mol. The molecule has 2 N–H and O–H groups in total. The van der Waals surface area contributed by atoms with E-state index >= 15 is 0 Å². The number of aliphatic carboxylic acids is 1. The number of carbonyl (C=O) groups is 4. The summed E-state index contributed by atoms with van der Waals surface area (Å²) >= 11 is 11.6. The summed E-state index contributed by atoms with van der Waals surface area (Å²) in [6.45, 7) is 1.72. The van der Waals surface area contributed by atoms with Crippen molar-refractivity contribution in [1.82, 2.24) is 0 Å². The van der Waals surface area contributed by atoms with Gasteiger partial charge >= 0.3 is 17.9 Å². The molecule has 2 atom stereocenters. The van der Waals surface area contributed by atoms with Gasteiger partial charge in [0.15, 0.2) is 0 Å². The van der Waals surface area contributed by atoms with Crippen molar-refractivity contribution in [2.75, 3.05) is 5.32 Å². The van der Waals surface area contributed by atoms with Crippen molar-refractivity contribution in [3.05, 3.63) is 99.5 Å². The van der Waals surface area contributed by atoms with Crippen LogP contribution in [-0.2, 0) is 19.1 Å². The monoisotopic (exact) mass is 515 g/mol. The van der Waals surface area contributed by atoms with Gasteiger partial charge in [-0.25, -0.2) is 14.4 Å². The molecule has 3 rings (SSSR count). The Bertz CT molecular complexity index is 1240. The van der Waals surface area contributed by atoms with Crippen LogP contribution in [0.4, 0.5) is 5.69 Å². The maximum atomic E-state index is 13.1. The predicted octanol–water partition coefficient (Wildman–Crippen LogP) is 4.78. The van der Waals surface area contributed by atoms with Gasteiger partial charge in [0.2, 0.25) is 12.2 Å². The molecule has 3 aromatic carbocycles. The van der Waals surface area contributed by atoms with Crippen molar-refractivity contribution in [3.63, 3.8) is 0 Å². The Balaban J connectivity index is 1.91. The number of benzene rings is 3. The second-order valence-corrected chi connectivity index (χ2v) is 8.18. The molecule has 0 heterocycles. The normalized spacial score (nSPS) is 12.2. The van der Waals surface area contributed by atoms with E-state index in [-0.39, 0.29) is 11.1 Å². The lowest BCUT2D eigenvalue weighted by atomic mass is 10.1. The molecule has 8 nitrogen and oxygen atoms in total. The average Bonchev–Trinajstić information content (AvgIpc) is 2.83. The van der Waals surface area contributed by atoms with Crippen molar-refractivity contribution >= 4 is 52.7 Å². The molecular weight excluding hydrogens is 497 g/mol. The highest BCUT2D eigenvalue weighted by atomic mass is 35.5. The van der Waals surface area contributed by atoms with Crippen molar-refractivity contribution in [3.8, 4) is 0 Å². The quantitative estimate of drug-likeness (QED) is 0.414. The molecule has 3 aromatic rings. The topological polar surface area (TPSA) is 119 Å². The molecule has 0 aliphatic heterocycles. The summed E-state index contributed by atoms with van der Waals surface area (Å²) in [5, 5.41) is 13.0. The van der Waals surface area contributed by atoms with Crippen molar-refractivity contribution in [2.24, 2.45) is 0 Å². The van der Waals surface area contributed by atoms with Crippen LogP contribution in [0, 0.1) is 6.92 Å². The molecule has 10 heteroatoms. The first-order chi connectivity index (χ1) is 16.7. The number of carbonyl (C=O) groups excluding carboxylic acids is 3. The Morgan fingerprint density at radius 3 is 1.66 bits per heavy atom. The van der Waals surface area contributed by atoms with E-state index in [9.17, 15) is 24.3 Å². The Labute approximate surface area is 210 Å². The zero-order valence-corrected chi connectivity index (χ0v) is 19.7. The average molecular weight is 516 g/mol. The fourth-order valence-corrected chi connectivity index (χ4v) is 3.20. The number of para-hydroxylation sites is 1. The van der Waals surface area contributed by atoms with Gasteiger partial charge in [0.05, 0.1) is 11.1 Å². The van der Waals surface area contributed by atoms with Crippen LogP contribution in [0.1, 0.15) is 26.3 Å². The van der Waals surface area contributed by atoms with Crippen molar-refractivity contribution < 1.29 is 33.8 Å². The van der Waals surface area contributed by atoms with Gasteiger partial charge in [0.25, 0.3) is 5.91 Å². The molecule has 0 aliphatic rings. The first kappa shape index (κ1) is 25.7. The molecule has 0 unspecified atom stereocenters. The van der Waals surface area contributed by atoms with Crippen LogP contribution in [0.25, 0.3) is 0 Å². The fourth-order valence-electron chi connectivity index (χ4n) is 2.95. The lowest BCUT2D eigenvalue weighted by Crippen LogP contribution is -2.48. The third kappa shape index (κ3) is 6.81. The van der Waals surface area contributed by atoms with E-state index in [1.807, 2.05) is 0 Å². The van der Waals surface area contributed by atoms with E-state index in [1.165, 1.54) is 48.5 Å². The van der Waals surface area contributed by atoms with E-state index < -0.39 is 36.0 Å². The lowest BCUT2D eigenvalue weighted by Gasteiger charge is -2.24. The molecule has 0 bridgehead atoms. The second kappa shape index (κ2) is 11.5. The smallest absolute Gasteiger partial charge is 0.349 e. The summed E-state index contributed by atoms with van der Waals surface area (Å²) < 4.78 is 10.4. The Kier molecular flexibility index (Phi) is 8.46. The molecule has 1 amide bonds. The molecule has 0 spiro atoms. The van der Waals surface area contributed by atoms with Gasteiger partial charge in [-0.3, -0.25) is 4.79 Å². The number of nitrogens with one attached hydrogen (secondary N) is 1. The number of aryl methyl sites for hydroxylation is 1. The minimum absolute atomic E-state index is 0.0104. The van der Waals surface area contributed by atoms with Gasteiger partial charge in [-0.2, -0.15) is 0 Å². The third-order valence-corrected chi connectivity index (χ3v) is 5.31. The van der Waals surface area contributed by atoms with Crippen LogP contribution in [-0.4, -0.2) is 41.1 Å². The van der Waals surface area contributed by atoms with Crippen molar-refractivity contribution in [1.29, 1.82) is 0 Å². The lowest BCUT2D eigenvalue weighted by molar-refractivity contribution is -0.157. The molecule has 0 aliphatic carbocycles. The summed E-state index contributed by atoms with van der Waals surface area (Å²) in [5.74, 6) is -4.76. The highest BCUT2D eigenvalue weighted by Gasteiger charge is 2.41. The van der Waals surface area contributed by atoms with E-state index in [0.717, 1.165) is 0 Å². The Morgan fingerprint density at radius 1 is 0.743 bits per heavy atom. The standard InChI is InChI=1S/C25H19Cl2NO7/c1-14-4-2-3-5-19(14)28-22(29)20(34-24(32)15-6-10-17(26)11-7-15)21(23(30)31)35-25(33)16-8-12-18(27)13-9-16/h2-13,20-21H,1H3,(H,28,29)(H,30,31)/t20-,21-/m0/s1. The molecule has 0 fully saturated rings. The molecule has 0 radical (unpaired) electrons. The summed E-state index contributed by atoms with van der Waals surface area (Å²) in [7, 11) is 0. The highest BCUT2D eigenvalue weighted by molar-refractivity contribution is 6.31. The van der Waals surface area contributed by atoms with Gasteiger partial charge in [-0.15, -0.1) is 0 Å². The van der Waals surface area contributed by atoms with E-state index in [2.05, 4.69) is 5.32 Å². The number of carboxylic acids is 1. The number of halogens is 2. The zero-order valence-electron chi connectivity index (χ0n) is 18.2. The molecule has 0 aromatic heterocycles. The molecule has 180 valence electrons. The minimum Gasteiger partial charge on any atom is -0.478 e. The van der Waals surface area contributed by atoms with E-state index in [1.54, 1.807) is 31.2 Å². The molecule has 0 saturated heterocycles. The van der Waals surface area contributed by atoms with Crippen LogP contribution in [0.2, 0.25) is 10.0 Å². The van der Waals surface area contributed by atoms with Crippen LogP contribution in [0.3, 0.4) is 0 Å². The number of amides is 1. The van der Waals surface area contributed by atoms with Crippen LogP contribution in [0.5, 0.6) is 0 Å². The highest BCUT2D eigenvalue weighted by Crippen LogP contribution is 2.19. The summed E-state index contributed by atoms with van der Waals surface area (Å²) in [6.07, 6.45) is -4.18. The van der Waals surface area contributed by atoms with Crippen LogP contribution < -0.4 is 5.32 Å². The largest absolute Gasteiger partial charge is 0.478 e. The SMILES string of the molecule is Cc1ccccc1NC(=O)[C@@H](OC(=O)c1ccc(Cl)cc1)[C@H](OC(=O)c1ccc(Cl)cc1)C(=O)O. The second-order valence-electron chi connectivity index (χ2n) is 7.31. The Hall–Kier alpha value is -3.88. The molecule has 0 saturated carbocycles. The molecule has 35 heavy (non-hydrogen) atoms. The fraction of sp³-hybridized carbons (Fsp3) is 0.120. The molecular formula is C25H19Cl2NO7. The summed E-state index contributed by atoms with van der Waals surface area (Å²) in [4.78, 5) is 50.5. The van der Waals surface area contributed by atoms with E-state index in [4.69, 9.17) is 32.7 Å². The van der Waals surface area contributed by atoms with Crippen LogP contribution >= 0.6 is 23.2 Å². The number of rotatable bonds is 8. The number of esters is 2. The Morgan fingerprint density at radius 2 is 1.20 bits per heavy atom. The van der Waals surface area contributed by atoms with Crippen molar-refractivity contribution in [2.45, 2.75) is 19.1 Å². The minimum atomic E-state index is -2.15. The third-order valence-electron chi connectivity index (χ3n) is 4.81. The number of anilines is 1. The maximum absolute atomic E-state index is 13.1. The summed E-state index contributed by atoms with van der Waals surface area (Å²) in [5.41, 5.74) is 1.03.